The molecule has 1 aliphatic carbocycles. The smallest absolute Gasteiger partial charge is 0.132 e. The third kappa shape index (κ3) is 3.07. The summed E-state index contributed by atoms with van der Waals surface area (Å²) in [7, 11) is 0. The van der Waals surface area contributed by atoms with Crippen molar-refractivity contribution in [3.63, 3.8) is 0 Å². The second kappa shape index (κ2) is 5.26. The maximum atomic E-state index is 11.6. The molecule has 0 saturated heterocycles. The number of ketones is 1. The fraction of sp³-hybridized carbons (Fsp3) is 0.650. The first-order valence-corrected chi connectivity index (χ1v) is 8.19. The van der Waals surface area contributed by atoms with Crippen LogP contribution in [0.3, 0.4) is 0 Å². The summed E-state index contributed by atoms with van der Waals surface area (Å²) < 4.78 is 0. The van der Waals surface area contributed by atoms with E-state index in [1.165, 1.54) is 35.1 Å². The Morgan fingerprint density at radius 3 is 2.05 bits per heavy atom. The molecule has 0 unspecified atom stereocenters. The number of Topliss-reactive ketones (excluding diaryl/α,β-unsaturated/α-hetero) is 1. The summed E-state index contributed by atoms with van der Waals surface area (Å²) in [4.78, 5) is 11.6. The van der Waals surface area contributed by atoms with Gasteiger partial charge in [-0.25, -0.2) is 0 Å². The molecule has 0 aliphatic heterocycles. The number of carbonyl (C=O) groups is 1. The molecule has 0 amide bonds. The predicted octanol–water partition coefficient (Wildman–Crippen LogP) is 5.11. The zero-order valence-corrected chi connectivity index (χ0v) is 14.8. The van der Waals surface area contributed by atoms with Crippen LogP contribution >= 0.6 is 0 Å². The Hall–Kier alpha value is -1.11. The molecule has 1 heteroatoms. The van der Waals surface area contributed by atoms with Gasteiger partial charge in [0.2, 0.25) is 0 Å². The number of hydrogen-bond donors (Lipinski definition) is 0. The van der Waals surface area contributed by atoms with Gasteiger partial charge in [-0.1, -0.05) is 46.8 Å². The first kappa shape index (κ1) is 16.3. The number of benzene rings is 1. The van der Waals surface area contributed by atoms with Crippen LogP contribution in [0.25, 0.3) is 0 Å². The van der Waals surface area contributed by atoms with E-state index in [4.69, 9.17) is 0 Å². The van der Waals surface area contributed by atoms with Crippen LogP contribution in [0.1, 0.15) is 76.6 Å². The number of carbonyl (C=O) groups excluding carboxylic acids is 1. The van der Waals surface area contributed by atoms with E-state index in [0.29, 0.717) is 0 Å². The van der Waals surface area contributed by atoms with Crippen molar-refractivity contribution in [2.45, 2.75) is 78.6 Å². The first-order valence-electron chi connectivity index (χ1n) is 8.19. The molecule has 0 aromatic heterocycles. The highest BCUT2D eigenvalue weighted by molar-refractivity contribution is 5.78. The van der Waals surface area contributed by atoms with Crippen molar-refractivity contribution >= 4 is 5.78 Å². The highest BCUT2D eigenvalue weighted by atomic mass is 16.1. The molecule has 0 saturated carbocycles. The van der Waals surface area contributed by atoms with E-state index in [2.05, 4.69) is 46.8 Å². The zero-order valence-electron chi connectivity index (χ0n) is 14.8. The van der Waals surface area contributed by atoms with Crippen LogP contribution in [-0.4, -0.2) is 5.78 Å². The minimum absolute atomic E-state index is 0.112. The fourth-order valence-electron chi connectivity index (χ4n) is 3.46. The molecule has 0 spiro atoms. The summed E-state index contributed by atoms with van der Waals surface area (Å²) in [6.07, 6.45) is 3.35. The van der Waals surface area contributed by atoms with E-state index in [0.717, 1.165) is 6.42 Å². The molecule has 0 N–H and O–H groups in total. The van der Waals surface area contributed by atoms with Crippen molar-refractivity contribution in [1.82, 2.24) is 0 Å². The highest BCUT2D eigenvalue weighted by Gasteiger charge is 2.37. The van der Waals surface area contributed by atoms with Crippen LogP contribution in [0.4, 0.5) is 0 Å². The van der Waals surface area contributed by atoms with Gasteiger partial charge in [-0.3, -0.25) is 4.79 Å². The molecule has 1 atom stereocenters. The molecule has 1 aromatic rings. The van der Waals surface area contributed by atoms with Crippen LogP contribution in [0, 0.1) is 12.8 Å². The van der Waals surface area contributed by atoms with Gasteiger partial charge in [0, 0.05) is 5.92 Å². The third-order valence-corrected chi connectivity index (χ3v) is 5.53. The van der Waals surface area contributed by atoms with Gasteiger partial charge < -0.3 is 0 Å². The van der Waals surface area contributed by atoms with Gasteiger partial charge in [0.05, 0.1) is 0 Å². The summed E-state index contributed by atoms with van der Waals surface area (Å²) in [6, 6.07) is 4.78. The molecule has 1 aromatic carbocycles. The summed E-state index contributed by atoms with van der Waals surface area (Å²) in [6.45, 7) is 15.4. The first-order chi connectivity index (χ1) is 9.54. The van der Waals surface area contributed by atoms with Gasteiger partial charge in [-0.2, -0.15) is 0 Å². The Kier molecular flexibility index (Phi) is 4.08. The summed E-state index contributed by atoms with van der Waals surface area (Å²) in [5.41, 5.74) is 6.20. The summed E-state index contributed by atoms with van der Waals surface area (Å²) >= 11 is 0. The normalized spacial score (nSPS) is 20.7. The minimum Gasteiger partial charge on any atom is -0.300 e. The van der Waals surface area contributed by atoms with Crippen molar-refractivity contribution < 1.29 is 4.79 Å². The second-order valence-electron chi connectivity index (χ2n) is 8.31. The van der Waals surface area contributed by atoms with E-state index >= 15 is 0 Å². The van der Waals surface area contributed by atoms with Crippen molar-refractivity contribution in [2.75, 3.05) is 0 Å². The standard InChI is InChI=1S/C20H30O/c1-13(15(3)21)10-16-12-18-17(11-14(16)2)19(4,5)8-9-20(18,6)7/h11-13H,8-10H2,1-7H3/t13-/m1/s1. The van der Waals surface area contributed by atoms with E-state index in [1.807, 2.05) is 6.92 Å². The topological polar surface area (TPSA) is 17.1 Å². The van der Waals surface area contributed by atoms with Gasteiger partial charge in [0.25, 0.3) is 0 Å². The molecule has 1 aliphatic rings. The fourth-order valence-corrected chi connectivity index (χ4v) is 3.46. The zero-order chi connectivity index (χ0) is 16.0. The monoisotopic (exact) mass is 286 g/mol. The van der Waals surface area contributed by atoms with E-state index in [9.17, 15) is 4.79 Å². The summed E-state index contributed by atoms with van der Waals surface area (Å²) in [5, 5.41) is 0. The SMILES string of the molecule is CC(=O)[C@H](C)Cc1cc2c(cc1C)C(C)(C)CCC2(C)C. The highest BCUT2D eigenvalue weighted by Crippen LogP contribution is 2.46. The predicted molar refractivity (Wildman–Crippen MR) is 90.0 cm³/mol. The average molecular weight is 286 g/mol. The minimum atomic E-state index is 0.112. The second-order valence-corrected chi connectivity index (χ2v) is 8.31. The lowest BCUT2D eigenvalue weighted by Crippen LogP contribution is -2.34. The molecule has 0 heterocycles. The maximum absolute atomic E-state index is 11.6. The Morgan fingerprint density at radius 1 is 1.10 bits per heavy atom. The van der Waals surface area contributed by atoms with E-state index in [-0.39, 0.29) is 22.5 Å². The Morgan fingerprint density at radius 2 is 1.57 bits per heavy atom. The molecular formula is C20H30O. The molecule has 116 valence electrons. The van der Waals surface area contributed by atoms with Gasteiger partial charge in [-0.05, 0) is 66.2 Å². The van der Waals surface area contributed by atoms with Gasteiger partial charge in [0.1, 0.15) is 5.78 Å². The maximum Gasteiger partial charge on any atom is 0.132 e. The van der Waals surface area contributed by atoms with Crippen LogP contribution in [0.15, 0.2) is 12.1 Å². The van der Waals surface area contributed by atoms with Crippen molar-refractivity contribution in [1.29, 1.82) is 0 Å². The molecule has 2 rings (SSSR count). The average Bonchev–Trinajstić information content (AvgIpc) is 2.36. The molecular weight excluding hydrogens is 256 g/mol. The third-order valence-electron chi connectivity index (χ3n) is 5.53. The Balaban J connectivity index is 2.51. The molecule has 1 nitrogen and oxygen atoms in total. The van der Waals surface area contributed by atoms with Crippen molar-refractivity contribution in [2.24, 2.45) is 5.92 Å². The van der Waals surface area contributed by atoms with Crippen LogP contribution in [-0.2, 0) is 22.0 Å². The lowest BCUT2D eigenvalue weighted by molar-refractivity contribution is -0.120. The van der Waals surface area contributed by atoms with Crippen LogP contribution < -0.4 is 0 Å². The molecule has 0 radical (unpaired) electrons. The molecule has 0 fully saturated rings. The summed E-state index contributed by atoms with van der Waals surface area (Å²) in [5.74, 6) is 0.396. The molecule has 0 bridgehead atoms. The number of aryl methyl sites for hydroxylation is 1. The quantitative estimate of drug-likeness (QED) is 0.754. The van der Waals surface area contributed by atoms with Crippen molar-refractivity contribution in [3.05, 3.63) is 34.4 Å². The van der Waals surface area contributed by atoms with Gasteiger partial charge in [0.15, 0.2) is 0 Å². The van der Waals surface area contributed by atoms with Crippen molar-refractivity contribution in [3.8, 4) is 0 Å². The van der Waals surface area contributed by atoms with E-state index in [1.54, 1.807) is 6.92 Å². The van der Waals surface area contributed by atoms with Gasteiger partial charge in [-0.15, -0.1) is 0 Å². The van der Waals surface area contributed by atoms with Gasteiger partial charge >= 0.3 is 0 Å². The lowest BCUT2D eigenvalue weighted by atomic mass is 9.62. The molecule has 21 heavy (non-hydrogen) atoms. The number of rotatable bonds is 3. The van der Waals surface area contributed by atoms with Crippen LogP contribution in [0.2, 0.25) is 0 Å². The lowest BCUT2D eigenvalue weighted by Gasteiger charge is -2.42. The Labute approximate surface area is 130 Å². The largest absolute Gasteiger partial charge is 0.300 e. The van der Waals surface area contributed by atoms with Crippen LogP contribution in [0.5, 0.6) is 0 Å². The number of hydrogen-bond acceptors (Lipinski definition) is 1. The number of fused-ring (bicyclic) bond motifs is 1. The Bertz CT molecular complexity index is 563. The van der Waals surface area contributed by atoms with E-state index < -0.39 is 0 Å².